The van der Waals surface area contributed by atoms with E-state index in [0.29, 0.717) is 32.9 Å². The molecule has 0 spiro atoms. The van der Waals surface area contributed by atoms with Gasteiger partial charge < -0.3 is 9.47 Å². The van der Waals surface area contributed by atoms with Gasteiger partial charge in [0.15, 0.2) is 5.76 Å². The van der Waals surface area contributed by atoms with Crippen molar-refractivity contribution in [3.63, 3.8) is 0 Å². The first kappa shape index (κ1) is 19.6. The Labute approximate surface area is 179 Å². The van der Waals surface area contributed by atoms with Crippen LogP contribution in [0.2, 0.25) is 10.0 Å². The van der Waals surface area contributed by atoms with Crippen LogP contribution < -0.4 is 9.47 Å². The number of aryl methyl sites for hydroxylation is 2. The van der Waals surface area contributed by atoms with E-state index in [1.54, 1.807) is 24.3 Å². The Morgan fingerprint density at radius 3 is 2.62 bits per heavy atom. The lowest BCUT2D eigenvalue weighted by atomic mass is 10.0. The van der Waals surface area contributed by atoms with Crippen LogP contribution in [-0.4, -0.2) is 5.78 Å². The number of ether oxygens (including phenoxy) is 2. The third-order valence-corrected chi connectivity index (χ3v) is 5.28. The number of carbonyl (C=O) groups is 1. The van der Waals surface area contributed by atoms with Crippen molar-refractivity contribution in [2.24, 2.45) is 0 Å². The van der Waals surface area contributed by atoms with Gasteiger partial charge in [0.25, 0.3) is 0 Å². The molecule has 0 saturated heterocycles. The Bertz CT molecular complexity index is 1150. The molecule has 0 aliphatic carbocycles. The zero-order valence-electron chi connectivity index (χ0n) is 16.0. The second-order valence-electron chi connectivity index (χ2n) is 6.99. The van der Waals surface area contributed by atoms with Crippen LogP contribution in [-0.2, 0) is 6.61 Å². The molecule has 0 bridgehead atoms. The molecule has 0 amide bonds. The fourth-order valence-electron chi connectivity index (χ4n) is 3.27. The zero-order chi connectivity index (χ0) is 20.5. The summed E-state index contributed by atoms with van der Waals surface area (Å²) in [5.41, 5.74) is 4.24. The number of carbonyl (C=O) groups excluding carboxylic acids is 1. The molecule has 3 aromatic carbocycles. The standard InChI is InChI=1S/C24H18Cl2O3/c1-14-4-3-5-16(8-14)10-22-24(27)23-15(2)9-19(12-21(23)29-22)28-13-17-6-7-18(25)11-20(17)26/h3-12H,13H2,1-2H3/b22-10-. The van der Waals surface area contributed by atoms with Gasteiger partial charge in [-0.1, -0.05) is 59.1 Å². The molecule has 146 valence electrons. The Morgan fingerprint density at radius 1 is 1.03 bits per heavy atom. The Hall–Kier alpha value is -2.75. The molecule has 0 unspecified atom stereocenters. The molecule has 0 N–H and O–H groups in total. The quantitative estimate of drug-likeness (QED) is 0.431. The maximum absolute atomic E-state index is 12.8. The lowest BCUT2D eigenvalue weighted by Gasteiger charge is -2.10. The zero-order valence-corrected chi connectivity index (χ0v) is 17.5. The number of hydrogen-bond donors (Lipinski definition) is 0. The van der Waals surface area contributed by atoms with Crippen LogP contribution in [0.25, 0.3) is 6.08 Å². The normalized spacial score (nSPS) is 14.1. The van der Waals surface area contributed by atoms with Crippen molar-refractivity contribution in [1.82, 2.24) is 0 Å². The summed E-state index contributed by atoms with van der Waals surface area (Å²) in [5, 5.41) is 1.12. The van der Waals surface area contributed by atoms with Crippen LogP contribution in [0.15, 0.2) is 60.4 Å². The first-order valence-electron chi connectivity index (χ1n) is 9.13. The largest absolute Gasteiger partial charge is 0.489 e. The summed E-state index contributed by atoms with van der Waals surface area (Å²) < 4.78 is 11.7. The summed E-state index contributed by atoms with van der Waals surface area (Å²) >= 11 is 12.1. The van der Waals surface area contributed by atoms with Gasteiger partial charge in [0.1, 0.15) is 18.1 Å². The topological polar surface area (TPSA) is 35.5 Å². The average molecular weight is 425 g/mol. The van der Waals surface area contributed by atoms with E-state index in [2.05, 4.69) is 0 Å². The predicted molar refractivity (Wildman–Crippen MR) is 116 cm³/mol. The third-order valence-electron chi connectivity index (χ3n) is 4.69. The molecule has 3 aromatic rings. The van der Waals surface area contributed by atoms with E-state index in [4.69, 9.17) is 32.7 Å². The van der Waals surface area contributed by atoms with Crippen molar-refractivity contribution in [3.8, 4) is 11.5 Å². The highest BCUT2D eigenvalue weighted by Gasteiger charge is 2.30. The lowest BCUT2D eigenvalue weighted by Crippen LogP contribution is -2.00. The summed E-state index contributed by atoms with van der Waals surface area (Å²) in [7, 11) is 0. The van der Waals surface area contributed by atoms with E-state index >= 15 is 0 Å². The maximum Gasteiger partial charge on any atom is 0.232 e. The van der Waals surface area contributed by atoms with Crippen molar-refractivity contribution in [2.75, 3.05) is 0 Å². The maximum atomic E-state index is 12.8. The number of fused-ring (bicyclic) bond motifs is 1. The van der Waals surface area contributed by atoms with E-state index in [-0.39, 0.29) is 12.4 Å². The lowest BCUT2D eigenvalue weighted by molar-refractivity contribution is 0.101. The first-order valence-corrected chi connectivity index (χ1v) is 9.88. The first-order chi connectivity index (χ1) is 13.9. The molecule has 0 fully saturated rings. The highest BCUT2D eigenvalue weighted by molar-refractivity contribution is 6.35. The molecule has 4 rings (SSSR count). The fourth-order valence-corrected chi connectivity index (χ4v) is 3.73. The second-order valence-corrected chi connectivity index (χ2v) is 7.84. The molecule has 1 heterocycles. The number of benzene rings is 3. The minimum Gasteiger partial charge on any atom is -0.489 e. The van der Waals surface area contributed by atoms with Gasteiger partial charge in [-0.3, -0.25) is 4.79 Å². The van der Waals surface area contributed by atoms with Gasteiger partial charge >= 0.3 is 0 Å². The SMILES string of the molecule is Cc1cccc(/C=C2\Oc3cc(OCc4ccc(Cl)cc4Cl)cc(C)c3C2=O)c1. The van der Waals surface area contributed by atoms with E-state index in [9.17, 15) is 4.79 Å². The number of ketones is 1. The van der Waals surface area contributed by atoms with Crippen molar-refractivity contribution in [2.45, 2.75) is 20.5 Å². The van der Waals surface area contributed by atoms with Crippen molar-refractivity contribution < 1.29 is 14.3 Å². The van der Waals surface area contributed by atoms with Crippen LogP contribution in [0.4, 0.5) is 0 Å². The van der Waals surface area contributed by atoms with Gasteiger partial charge in [-0.25, -0.2) is 0 Å². The van der Waals surface area contributed by atoms with Crippen molar-refractivity contribution in [3.05, 3.63) is 98.2 Å². The summed E-state index contributed by atoms with van der Waals surface area (Å²) in [6, 6.07) is 16.8. The smallest absolute Gasteiger partial charge is 0.232 e. The molecule has 1 aliphatic heterocycles. The van der Waals surface area contributed by atoms with Gasteiger partial charge in [0.05, 0.1) is 5.56 Å². The average Bonchev–Trinajstić information content (AvgIpc) is 2.97. The molecule has 0 radical (unpaired) electrons. The highest BCUT2D eigenvalue weighted by atomic mass is 35.5. The molecule has 0 atom stereocenters. The highest BCUT2D eigenvalue weighted by Crippen LogP contribution is 2.38. The molecule has 5 heteroatoms. The third kappa shape index (κ3) is 4.16. The molecule has 0 aromatic heterocycles. The van der Waals surface area contributed by atoms with Crippen LogP contribution in [0.3, 0.4) is 0 Å². The Kier molecular flexibility index (Phi) is 5.35. The van der Waals surface area contributed by atoms with Crippen LogP contribution >= 0.6 is 23.2 Å². The number of hydrogen-bond acceptors (Lipinski definition) is 3. The number of Topliss-reactive ketones (excluding diaryl/α,β-unsaturated/α-hetero) is 1. The Balaban J connectivity index is 1.57. The van der Waals surface area contributed by atoms with Crippen LogP contribution in [0.1, 0.15) is 32.6 Å². The van der Waals surface area contributed by atoms with Crippen molar-refractivity contribution >= 4 is 35.1 Å². The van der Waals surface area contributed by atoms with Gasteiger partial charge in [0, 0.05) is 21.7 Å². The van der Waals surface area contributed by atoms with Gasteiger partial charge in [-0.15, -0.1) is 0 Å². The van der Waals surface area contributed by atoms with Gasteiger partial charge in [-0.2, -0.15) is 0 Å². The van der Waals surface area contributed by atoms with E-state index < -0.39 is 0 Å². The monoisotopic (exact) mass is 424 g/mol. The minimum absolute atomic E-state index is 0.119. The number of rotatable bonds is 4. The number of halogens is 2. The second kappa shape index (κ2) is 7.94. The predicted octanol–water partition coefficient (Wildman–Crippen LogP) is 6.81. The van der Waals surface area contributed by atoms with Gasteiger partial charge in [-0.05, 0) is 49.2 Å². The minimum atomic E-state index is -0.119. The molecular formula is C24H18Cl2O3. The molecular weight excluding hydrogens is 407 g/mol. The summed E-state index contributed by atoms with van der Waals surface area (Å²) in [6.07, 6.45) is 1.77. The van der Waals surface area contributed by atoms with Crippen LogP contribution in [0.5, 0.6) is 11.5 Å². The number of allylic oxidation sites excluding steroid dienone is 1. The molecule has 1 aliphatic rings. The van der Waals surface area contributed by atoms with E-state index in [1.165, 1.54) is 0 Å². The Morgan fingerprint density at radius 2 is 1.86 bits per heavy atom. The summed E-state index contributed by atoms with van der Waals surface area (Å²) in [6.45, 7) is 4.17. The van der Waals surface area contributed by atoms with Gasteiger partial charge in [0.2, 0.25) is 5.78 Å². The molecule has 0 saturated carbocycles. The summed E-state index contributed by atoms with van der Waals surface area (Å²) in [4.78, 5) is 12.8. The fraction of sp³-hybridized carbons (Fsp3) is 0.125. The van der Waals surface area contributed by atoms with Crippen molar-refractivity contribution in [1.29, 1.82) is 0 Å². The van der Waals surface area contributed by atoms with Crippen LogP contribution in [0, 0.1) is 13.8 Å². The molecule has 3 nitrogen and oxygen atoms in total. The van der Waals surface area contributed by atoms with E-state index in [0.717, 1.165) is 22.3 Å². The summed E-state index contributed by atoms with van der Waals surface area (Å²) in [5.74, 6) is 1.31. The van der Waals surface area contributed by atoms with E-state index in [1.807, 2.05) is 50.2 Å². The molecule has 29 heavy (non-hydrogen) atoms.